The van der Waals surface area contributed by atoms with E-state index >= 15 is 0 Å². The molecule has 0 amide bonds. The van der Waals surface area contributed by atoms with Crippen molar-refractivity contribution in [2.24, 2.45) is 0 Å². The zero-order chi connectivity index (χ0) is 13.8. The van der Waals surface area contributed by atoms with Gasteiger partial charge in [0, 0.05) is 18.3 Å². The third-order valence-corrected chi connectivity index (χ3v) is 4.96. The van der Waals surface area contributed by atoms with Crippen molar-refractivity contribution in [1.82, 2.24) is 4.90 Å². The average Bonchev–Trinajstić information content (AvgIpc) is 2.92. The highest BCUT2D eigenvalue weighted by atomic mass is 32.2. The molecule has 1 fully saturated rings. The van der Waals surface area contributed by atoms with Gasteiger partial charge in [-0.05, 0) is 37.3 Å². The fourth-order valence-electron chi connectivity index (χ4n) is 2.34. The molecule has 104 valence electrons. The number of carboxylic acids is 1. The molecule has 0 aliphatic carbocycles. The fraction of sp³-hybridized carbons (Fsp3) is 0.533. The van der Waals surface area contributed by atoms with Crippen LogP contribution in [0, 0.1) is 0 Å². The molecule has 4 heteroatoms. The van der Waals surface area contributed by atoms with Gasteiger partial charge in [-0.1, -0.05) is 24.3 Å². The molecule has 1 saturated heterocycles. The second-order valence-corrected chi connectivity index (χ2v) is 6.38. The molecule has 0 aromatic heterocycles. The van der Waals surface area contributed by atoms with E-state index in [9.17, 15) is 4.79 Å². The first-order valence-electron chi connectivity index (χ1n) is 6.67. The second kappa shape index (κ2) is 6.44. The molecule has 0 radical (unpaired) electrons. The van der Waals surface area contributed by atoms with Crippen molar-refractivity contribution in [2.75, 3.05) is 18.6 Å². The second-order valence-electron chi connectivity index (χ2n) is 5.23. The Labute approximate surface area is 119 Å². The summed E-state index contributed by atoms with van der Waals surface area (Å²) in [5, 5.41) is 8.98. The van der Waals surface area contributed by atoms with Gasteiger partial charge >= 0.3 is 5.97 Å². The number of rotatable bonds is 5. The van der Waals surface area contributed by atoms with Gasteiger partial charge in [0.15, 0.2) is 0 Å². The van der Waals surface area contributed by atoms with Crippen molar-refractivity contribution >= 4 is 17.7 Å². The lowest BCUT2D eigenvalue weighted by molar-refractivity contribution is -0.138. The lowest BCUT2D eigenvalue weighted by Gasteiger charge is -2.23. The number of aliphatic carboxylic acids is 1. The highest BCUT2D eigenvalue weighted by Crippen LogP contribution is 2.23. The van der Waals surface area contributed by atoms with Crippen LogP contribution in [0.15, 0.2) is 24.3 Å². The molecule has 2 unspecified atom stereocenters. The zero-order valence-corrected chi connectivity index (χ0v) is 12.3. The summed E-state index contributed by atoms with van der Waals surface area (Å²) in [6.45, 7) is 2.66. The first-order valence-corrected chi connectivity index (χ1v) is 7.83. The number of carbonyl (C=O) groups is 1. The summed E-state index contributed by atoms with van der Waals surface area (Å²) in [5.41, 5.74) is 2.12. The molecule has 19 heavy (non-hydrogen) atoms. The minimum Gasteiger partial charge on any atom is -0.481 e. The van der Waals surface area contributed by atoms with Gasteiger partial charge in [-0.2, -0.15) is 11.8 Å². The predicted octanol–water partition coefficient (Wildman–Crippen LogP) is 2.81. The van der Waals surface area contributed by atoms with Crippen molar-refractivity contribution in [3.05, 3.63) is 35.4 Å². The highest BCUT2D eigenvalue weighted by Gasteiger charge is 2.20. The van der Waals surface area contributed by atoms with Gasteiger partial charge < -0.3 is 5.11 Å². The van der Waals surface area contributed by atoms with Crippen LogP contribution in [0.5, 0.6) is 0 Å². The number of carboxylic acid groups (broad SMARTS) is 1. The van der Waals surface area contributed by atoms with Gasteiger partial charge in [0.05, 0.1) is 5.92 Å². The Morgan fingerprint density at radius 2 is 2.16 bits per heavy atom. The van der Waals surface area contributed by atoms with Gasteiger partial charge in [0.1, 0.15) is 0 Å². The smallest absolute Gasteiger partial charge is 0.310 e. The highest BCUT2D eigenvalue weighted by molar-refractivity contribution is 7.99. The van der Waals surface area contributed by atoms with Crippen LogP contribution in [0.3, 0.4) is 0 Å². The van der Waals surface area contributed by atoms with E-state index in [-0.39, 0.29) is 0 Å². The van der Waals surface area contributed by atoms with Crippen LogP contribution in [0.1, 0.15) is 30.4 Å². The Bertz CT molecular complexity index is 426. The first-order chi connectivity index (χ1) is 9.08. The largest absolute Gasteiger partial charge is 0.481 e. The molecule has 0 bridgehead atoms. The Kier molecular flexibility index (Phi) is 4.88. The quantitative estimate of drug-likeness (QED) is 0.900. The molecular weight excluding hydrogens is 258 g/mol. The van der Waals surface area contributed by atoms with E-state index in [0.717, 1.165) is 12.1 Å². The minimum absolute atomic E-state index is 0.432. The van der Waals surface area contributed by atoms with Crippen LogP contribution in [0.4, 0.5) is 0 Å². The molecule has 2 rings (SSSR count). The van der Waals surface area contributed by atoms with Crippen molar-refractivity contribution in [1.29, 1.82) is 0 Å². The molecule has 1 N–H and O–H groups in total. The molecule has 1 heterocycles. The van der Waals surface area contributed by atoms with Gasteiger partial charge in [-0.15, -0.1) is 0 Å². The summed E-state index contributed by atoms with van der Waals surface area (Å²) in [5.74, 6) is 1.29. The van der Waals surface area contributed by atoms with Crippen LogP contribution in [-0.2, 0) is 11.3 Å². The van der Waals surface area contributed by atoms with Crippen LogP contribution >= 0.6 is 11.8 Å². The maximum Gasteiger partial charge on any atom is 0.310 e. The normalized spacial score (nSPS) is 20.7. The molecule has 2 atom stereocenters. The number of nitrogens with zero attached hydrogens (tertiary/aromatic N) is 1. The summed E-state index contributed by atoms with van der Waals surface area (Å²) in [6, 6.07) is 8.65. The van der Waals surface area contributed by atoms with E-state index in [4.69, 9.17) is 5.11 Å². The van der Waals surface area contributed by atoms with E-state index in [1.54, 1.807) is 6.92 Å². The number of hydrogen-bond donors (Lipinski definition) is 1. The molecule has 0 spiro atoms. The lowest BCUT2D eigenvalue weighted by atomic mass is 10.00. The summed E-state index contributed by atoms with van der Waals surface area (Å²) in [7, 11) is 2.17. The number of thioether (sulfide) groups is 1. The van der Waals surface area contributed by atoms with E-state index in [1.165, 1.54) is 23.5 Å². The summed E-state index contributed by atoms with van der Waals surface area (Å²) in [4.78, 5) is 13.3. The molecular formula is C15H21NO2S. The van der Waals surface area contributed by atoms with E-state index in [2.05, 4.69) is 11.9 Å². The van der Waals surface area contributed by atoms with Crippen LogP contribution in [-0.4, -0.2) is 40.6 Å². The number of benzene rings is 1. The van der Waals surface area contributed by atoms with E-state index < -0.39 is 11.9 Å². The zero-order valence-electron chi connectivity index (χ0n) is 11.5. The molecule has 3 nitrogen and oxygen atoms in total. The van der Waals surface area contributed by atoms with Crippen LogP contribution < -0.4 is 0 Å². The van der Waals surface area contributed by atoms with Gasteiger partial charge in [0.25, 0.3) is 0 Å². The Hall–Kier alpha value is -1.00. The maximum atomic E-state index is 10.9. The molecule has 1 aromatic carbocycles. The summed E-state index contributed by atoms with van der Waals surface area (Å²) >= 11 is 2.02. The van der Waals surface area contributed by atoms with Crippen LogP contribution in [0.2, 0.25) is 0 Å². The fourth-order valence-corrected chi connectivity index (χ4v) is 3.64. The predicted molar refractivity (Wildman–Crippen MR) is 79.7 cm³/mol. The van der Waals surface area contributed by atoms with E-state index in [0.29, 0.717) is 6.04 Å². The Morgan fingerprint density at radius 1 is 1.47 bits per heavy atom. The standard InChI is InChI=1S/C15H21NO2S/c1-11(15(17)18)13-5-3-12(4-6-13)9-16(2)14-7-8-19-10-14/h3-6,11,14H,7-10H2,1-2H3,(H,17,18). The van der Waals surface area contributed by atoms with Crippen LogP contribution in [0.25, 0.3) is 0 Å². The minimum atomic E-state index is -0.771. The van der Waals surface area contributed by atoms with Gasteiger partial charge in [-0.25, -0.2) is 0 Å². The number of hydrogen-bond acceptors (Lipinski definition) is 3. The Morgan fingerprint density at radius 3 is 2.68 bits per heavy atom. The molecule has 1 aromatic rings. The first kappa shape index (κ1) is 14.4. The third-order valence-electron chi connectivity index (χ3n) is 3.81. The monoisotopic (exact) mass is 279 g/mol. The summed E-state index contributed by atoms with van der Waals surface area (Å²) < 4.78 is 0. The lowest BCUT2D eigenvalue weighted by Crippen LogP contribution is -2.30. The molecule has 1 aliphatic heterocycles. The van der Waals surface area contributed by atoms with Crippen molar-refractivity contribution in [2.45, 2.75) is 31.8 Å². The summed E-state index contributed by atoms with van der Waals surface area (Å²) in [6.07, 6.45) is 1.27. The van der Waals surface area contributed by atoms with Crippen molar-refractivity contribution < 1.29 is 9.90 Å². The van der Waals surface area contributed by atoms with Crippen molar-refractivity contribution in [3.8, 4) is 0 Å². The SMILES string of the molecule is CC(C(=O)O)c1ccc(CN(C)C2CCSC2)cc1. The molecule has 1 aliphatic rings. The Balaban J connectivity index is 1.96. The van der Waals surface area contributed by atoms with Gasteiger partial charge in [0.2, 0.25) is 0 Å². The average molecular weight is 279 g/mol. The third kappa shape index (κ3) is 3.74. The van der Waals surface area contributed by atoms with E-state index in [1.807, 2.05) is 36.0 Å². The van der Waals surface area contributed by atoms with Crippen molar-refractivity contribution in [3.63, 3.8) is 0 Å². The molecule has 0 saturated carbocycles. The maximum absolute atomic E-state index is 10.9. The topological polar surface area (TPSA) is 40.5 Å². The van der Waals surface area contributed by atoms with Gasteiger partial charge in [-0.3, -0.25) is 9.69 Å².